The Morgan fingerprint density at radius 3 is 2.87 bits per heavy atom. The van der Waals surface area contributed by atoms with Crippen LogP contribution in [0.3, 0.4) is 0 Å². The summed E-state index contributed by atoms with van der Waals surface area (Å²) >= 11 is 6.03. The molecular formula is C18H14ClN3O. The van der Waals surface area contributed by atoms with E-state index in [9.17, 15) is 5.26 Å². The number of nitrogens with one attached hydrogen (secondary N) is 1. The average Bonchev–Trinajstić information content (AvgIpc) is 2.56. The second-order valence-electron chi connectivity index (χ2n) is 4.91. The van der Waals surface area contributed by atoms with E-state index < -0.39 is 0 Å². The summed E-state index contributed by atoms with van der Waals surface area (Å²) in [7, 11) is 0. The van der Waals surface area contributed by atoms with Crippen molar-refractivity contribution in [2.45, 2.75) is 6.92 Å². The van der Waals surface area contributed by atoms with Gasteiger partial charge in [0.05, 0.1) is 23.4 Å². The molecule has 1 heterocycles. The van der Waals surface area contributed by atoms with E-state index in [2.05, 4.69) is 16.4 Å². The van der Waals surface area contributed by atoms with Gasteiger partial charge in [-0.15, -0.1) is 0 Å². The van der Waals surface area contributed by atoms with Gasteiger partial charge in [0.1, 0.15) is 11.8 Å². The number of pyridine rings is 1. The smallest absolute Gasteiger partial charge is 0.120 e. The molecule has 0 aliphatic heterocycles. The minimum atomic E-state index is 0.464. The zero-order valence-electron chi connectivity index (χ0n) is 12.5. The molecule has 0 saturated carbocycles. The normalized spacial score (nSPS) is 10.3. The first kappa shape index (κ1) is 15.1. The first-order valence-corrected chi connectivity index (χ1v) is 7.57. The minimum Gasteiger partial charge on any atom is -0.494 e. The molecule has 0 unspecified atom stereocenters. The van der Waals surface area contributed by atoms with Crippen LogP contribution >= 0.6 is 11.6 Å². The second kappa shape index (κ2) is 6.55. The van der Waals surface area contributed by atoms with Crippen molar-refractivity contribution >= 4 is 33.9 Å². The molecule has 0 atom stereocenters. The van der Waals surface area contributed by atoms with Gasteiger partial charge in [-0.05, 0) is 43.3 Å². The van der Waals surface area contributed by atoms with Crippen LogP contribution in [-0.2, 0) is 0 Å². The van der Waals surface area contributed by atoms with E-state index in [1.54, 1.807) is 18.3 Å². The van der Waals surface area contributed by atoms with Crippen molar-refractivity contribution in [3.8, 4) is 11.8 Å². The van der Waals surface area contributed by atoms with Crippen molar-refractivity contribution in [3.05, 3.63) is 59.2 Å². The maximum absolute atomic E-state index is 9.40. The van der Waals surface area contributed by atoms with E-state index in [0.717, 1.165) is 22.3 Å². The average molecular weight is 324 g/mol. The molecule has 1 N–H and O–H groups in total. The molecule has 5 heteroatoms. The maximum atomic E-state index is 9.40. The lowest BCUT2D eigenvalue weighted by Gasteiger charge is -2.13. The zero-order chi connectivity index (χ0) is 16.2. The fraction of sp³-hybridized carbons (Fsp3) is 0.111. The molecule has 2 aromatic carbocycles. The Morgan fingerprint density at radius 1 is 1.26 bits per heavy atom. The molecule has 1 aromatic heterocycles. The second-order valence-corrected chi connectivity index (χ2v) is 5.34. The van der Waals surface area contributed by atoms with Gasteiger partial charge in [-0.3, -0.25) is 4.98 Å². The number of nitriles is 1. The Balaban J connectivity index is 2.15. The molecule has 0 fully saturated rings. The van der Waals surface area contributed by atoms with Gasteiger partial charge in [-0.1, -0.05) is 17.7 Å². The molecule has 3 aromatic rings. The first-order valence-electron chi connectivity index (χ1n) is 7.19. The molecule has 4 nitrogen and oxygen atoms in total. The molecule has 23 heavy (non-hydrogen) atoms. The molecular weight excluding hydrogens is 310 g/mol. The fourth-order valence-corrected chi connectivity index (χ4v) is 2.55. The Bertz CT molecular complexity index is 902. The summed E-state index contributed by atoms with van der Waals surface area (Å²) in [6, 6.07) is 15.2. The van der Waals surface area contributed by atoms with E-state index in [-0.39, 0.29) is 0 Å². The number of fused-ring (bicyclic) bond motifs is 1. The third-order valence-corrected chi connectivity index (χ3v) is 3.60. The summed E-state index contributed by atoms with van der Waals surface area (Å²) < 4.78 is 5.55. The monoisotopic (exact) mass is 323 g/mol. The Labute approximate surface area is 139 Å². The van der Waals surface area contributed by atoms with Crippen molar-refractivity contribution in [1.82, 2.24) is 4.98 Å². The van der Waals surface area contributed by atoms with E-state index in [1.807, 2.05) is 37.3 Å². The minimum absolute atomic E-state index is 0.464. The number of aromatic nitrogens is 1. The largest absolute Gasteiger partial charge is 0.494 e. The molecule has 0 aliphatic rings. The Hall–Kier alpha value is -2.77. The van der Waals surface area contributed by atoms with Crippen LogP contribution in [0.1, 0.15) is 12.5 Å². The van der Waals surface area contributed by atoms with Gasteiger partial charge < -0.3 is 10.1 Å². The van der Waals surface area contributed by atoms with Crippen LogP contribution in [0.15, 0.2) is 48.7 Å². The van der Waals surface area contributed by atoms with Crippen LogP contribution in [0, 0.1) is 11.3 Å². The van der Waals surface area contributed by atoms with Crippen LogP contribution in [0.25, 0.3) is 10.9 Å². The van der Waals surface area contributed by atoms with Crippen LogP contribution in [0.2, 0.25) is 5.02 Å². The number of hydrogen-bond acceptors (Lipinski definition) is 4. The van der Waals surface area contributed by atoms with E-state index >= 15 is 0 Å². The summed E-state index contributed by atoms with van der Waals surface area (Å²) in [6.07, 6.45) is 1.57. The highest BCUT2D eigenvalue weighted by Gasteiger charge is 2.10. The van der Waals surface area contributed by atoms with Gasteiger partial charge >= 0.3 is 0 Å². The van der Waals surface area contributed by atoms with Gasteiger partial charge in [-0.2, -0.15) is 5.26 Å². The summed E-state index contributed by atoms with van der Waals surface area (Å²) in [6.45, 7) is 2.51. The molecule has 0 bridgehead atoms. The van der Waals surface area contributed by atoms with Gasteiger partial charge in [-0.25, -0.2) is 0 Å². The standard InChI is InChI=1S/C18H14ClN3O/c1-2-23-15-6-7-17-16(9-15)18(12(10-20)11-21-17)22-14-5-3-4-13(19)8-14/h3-9,11H,2H2,1H3,(H,21,22). The van der Waals surface area contributed by atoms with Crippen molar-refractivity contribution in [2.75, 3.05) is 11.9 Å². The number of ether oxygens (including phenoxy) is 1. The fourth-order valence-electron chi connectivity index (χ4n) is 2.36. The number of nitrogens with zero attached hydrogens (tertiary/aromatic N) is 2. The lowest BCUT2D eigenvalue weighted by atomic mass is 10.1. The van der Waals surface area contributed by atoms with Crippen molar-refractivity contribution in [3.63, 3.8) is 0 Å². The number of benzene rings is 2. The van der Waals surface area contributed by atoms with Crippen LogP contribution in [0.4, 0.5) is 11.4 Å². The molecule has 0 saturated heterocycles. The third-order valence-electron chi connectivity index (χ3n) is 3.36. The number of anilines is 2. The first-order chi connectivity index (χ1) is 11.2. The SMILES string of the molecule is CCOc1ccc2ncc(C#N)c(Nc3cccc(Cl)c3)c2c1. The molecule has 0 spiro atoms. The van der Waals surface area contributed by atoms with Crippen molar-refractivity contribution < 1.29 is 4.74 Å². The van der Waals surface area contributed by atoms with Crippen molar-refractivity contribution in [1.29, 1.82) is 5.26 Å². The Kier molecular flexibility index (Phi) is 4.31. The molecule has 0 radical (unpaired) electrons. The van der Waals surface area contributed by atoms with E-state index in [4.69, 9.17) is 16.3 Å². The van der Waals surface area contributed by atoms with Gasteiger partial charge in [0.25, 0.3) is 0 Å². The summed E-state index contributed by atoms with van der Waals surface area (Å²) in [5, 5.41) is 14.1. The quantitative estimate of drug-likeness (QED) is 0.741. The summed E-state index contributed by atoms with van der Waals surface area (Å²) in [5.74, 6) is 0.742. The van der Waals surface area contributed by atoms with Crippen LogP contribution in [-0.4, -0.2) is 11.6 Å². The zero-order valence-corrected chi connectivity index (χ0v) is 13.3. The molecule has 114 valence electrons. The van der Waals surface area contributed by atoms with Gasteiger partial charge in [0, 0.05) is 22.3 Å². The predicted molar refractivity (Wildman–Crippen MR) is 92.4 cm³/mol. The van der Waals surface area contributed by atoms with E-state index in [0.29, 0.717) is 22.9 Å². The number of rotatable bonds is 4. The third kappa shape index (κ3) is 3.20. The lowest BCUT2D eigenvalue weighted by Crippen LogP contribution is -1.98. The molecule has 0 aliphatic carbocycles. The molecule has 0 amide bonds. The van der Waals surface area contributed by atoms with Crippen LogP contribution in [0.5, 0.6) is 5.75 Å². The highest BCUT2D eigenvalue weighted by molar-refractivity contribution is 6.30. The highest BCUT2D eigenvalue weighted by atomic mass is 35.5. The summed E-state index contributed by atoms with van der Waals surface area (Å²) in [4.78, 5) is 4.33. The van der Waals surface area contributed by atoms with Crippen LogP contribution < -0.4 is 10.1 Å². The maximum Gasteiger partial charge on any atom is 0.120 e. The number of halogens is 1. The topological polar surface area (TPSA) is 57.9 Å². The highest BCUT2D eigenvalue weighted by Crippen LogP contribution is 2.32. The predicted octanol–water partition coefficient (Wildman–Crippen LogP) is 4.90. The van der Waals surface area contributed by atoms with Gasteiger partial charge in [0.15, 0.2) is 0 Å². The lowest BCUT2D eigenvalue weighted by molar-refractivity contribution is 0.340. The Morgan fingerprint density at radius 2 is 2.13 bits per heavy atom. The van der Waals surface area contributed by atoms with Gasteiger partial charge in [0.2, 0.25) is 0 Å². The number of hydrogen-bond donors (Lipinski definition) is 1. The van der Waals surface area contributed by atoms with Crippen molar-refractivity contribution in [2.24, 2.45) is 0 Å². The van der Waals surface area contributed by atoms with E-state index in [1.165, 1.54) is 0 Å². The molecule has 3 rings (SSSR count). The summed E-state index contributed by atoms with van der Waals surface area (Å²) in [5.41, 5.74) is 2.76.